The SMILES string of the molecule is Cc1ccc(-n2c(O)c(C(=N)c3cccc(C)c3)c(=O)[nH]c2=O)cc1. The van der Waals surface area contributed by atoms with Gasteiger partial charge < -0.3 is 5.11 Å². The molecule has 0 spiro atoms. The van der Waals surface area contributed by atoms with Crippen molar-refractivity contribution in [1.29, 1.82) is 5.41 Å². The molecule has 0 saturated heterocycles. The van der Waals surface area contributed by atoms with Crippen LogP contribution < -0.4 is 11.2 Å². The first-order chi connectivity index (χ1) is 11.9. The maximum absolute atomic E-state index is 12.2. The molecule has 6 heteroatoms. The van der Waals surface area contributed by atoms with Crippen LogP contribution in [0.2, 0.25) is 0 Å². The Bertz CT molecular complexity index is 1080. The Balaban J connectivity index is 2.23. The standard InChI is InChI=1S/C19H17N3O3/c1-11-6-8-14(9-7-11)22-18(24)15(17(23)21-19(22)25)16(20)13-5-3-4-12(2)10-13/h3-10,20,24H,1-2H3,(H,21,23,25). The van der Waals surface area contributed by atoms with Gasteiger partial charge in [-0.2, -0.15) is 0 Å². The molecule has 1 heterocycles. The van der Waals surface area contributed by atoms with E-state index in [1.807, 2.05) is 19.9 Å². The van der Waals surface area contributed by atoms with Gasteiger partial charge in [0.15, 0.2) is 0 Å². The Morgan fingerprint density at radius 2 is 1.72 bits per heavy atom. The number of aromatic amines is 1. The molecule has 0 unspecified atom stereocenters. The summed E-state index contributed by atoms with van der Waals surface area (Å²) in [6, 6.07) is 14.0. The smallest absolute Gasteiger partial charge is 0.335 e. The molecule has 25 heavy (non-hydrogen) atoms. The lowest BCUT2D eigenvalue weighted by Gasteiger charge is -2.12. The summed E-state index contributed by atoms with van der Waals surface area (Å²) in [5.74, 6) is -0.552. The van der Waals surface area contributed by atoms with E-state index in [1.54, 1.807) is 42.5 Å². The number of benzene rings is 2. The monoisotopic (exact) mass is 335 g/mol. The van der Waals surface area contributed by atoms with Crippen LogP contribution in [0.5, 0.6) is 5.88 Å². The first kappa shape index (κ1) is 16.4. The fraction of sp³-hybridized carbons (Fsp3) is 0.105. The Labute approximate surface area is 143 Å². The molecular weight excluding hydrogens is 318 g/mol. The summed E-state index contributed by atoms with van der Waals surface area (Å²) in [6.07, 6.45) is 0. The number of aromatic hydroxyl groups is 1. The van der Waals surface area contributed by atoms with Crippen molar-refractivity contribution in [3.8, 4) is 11.6 Å². The van der Waals surface area contributed by atoms with Crippen LogP contribution in [0.3, 0.4) is 0 Å². The van der Waals surface area contributed by atoms with Gasteiger partial charge >= 0.3 is 5.69 Å². The summed E-state index contributed by atoms with van der Waals surface area (Å²) in [5.41, 5.74) is 0.856. The number of nitrogens with one attached hydrogen (secondary N) is 2. The molecule has 0 atom stereocenters. The molecule has 3 aromatic rings. The fourth-order valence-electron chi connectivity index (χ4n) is 2.63. The topological polar surface area (TPSA) is 98.9 Å². The molecule has 0 aliphatic rings. The molecule has 0 fully saturated rings. The van der Waals surface area contributed by atoms with Crippen molar-refractivity contribution in [2.75, 3.05) is 0 Å². The van der Waals surface area contributed by atoms with Crippen molar-refractivity contribution in [2.24, 2.45) is 0 Å². The molecule has 0 aliphatic carbocycles. The van der Waals surface area contributed by atoms with Crippen LogP contribution in [-0.2, 0) is 0 Å². The van der Waals surface area contributed by atoms with Gasteiger partial charge in [0.2, 0.25) is 5.88 Å². The number of aromatic nitrogens is 2. The molecule has 6 nitrogen and oxygen atoms in total. The Hall–Kier alpha value is -3.41. The fourth-order valence-corrected chi connectivity index (χ4v) is 2.63. The second-order valence-electron chi connectivity index (χ2n) is 5.87. The van der Waals surface area contributed by atoms with Crippen molar-refractivity contribution < 1.29 is 5.11 Å². The zero-order valence-corrected chi connectivity index (χ0v) is 13.8. The molecule has 0 aliphatic heterocycles. The lowest BCUT2D eigenvalue weighted by Crippen LogP contribution is -2.33. The van der Waals surface area contributed by atoms with E-state index in [1.165, 1.54) is 0 Å². The lowest BCUT2D eigenvalue weighted by atomic mass is 10.0. The molecule has 3 rings (SSSR count). The number of hydrogen-bond acceptors (Lipinski definition) is 4. The maximum Gasteiger partial charge on any atom is 0.335 e. The van der Waals surface area contributed by atoms with Crippen molar-refractivity contribution in [1.82, 2.24) is 9.55 Å². The van der Waals surface area contributed by atoms with E-state index >= 15 is 0 Å². The third-order valence-corrected chi connectivity index (χ3v) is 3.93. The molecule has 1 aromatic heterocycles. The van der Waals surface area contributed by atoms with Gasteiger partial charge in [0, 0.05) is 5.56 Å². The molecule has 0 saturated carbocycles. The van der Waals surface area contributed by atoms with Crippen LogP contribution in [0.25, 0.3) is 5.69 Å². The summed E-state index contributed by atoms with van der Waals surface area (Å²) in [4.78, 5) is 26.6. The quantitative estimate of drug-likeness (QED) is 0.640. The first-order valence-corrected chi connectivity index (χ1v) is 7.70. The maximum atomic E-state index is 12.2. The number of rotatable bonds is 3. The lowest BCUT2D eigenvalue weighted by molar-refractivity contribution is 0.430. The van der Waals surface area contributed by atoms with Crippen LogP contribution in [0.1, 0.15) is 22.3 Å². The zero-order chi connectivity index (χ0) is 18.1. The summed E-state index contributed by atoms with van der Waals surface area (Å²) in [5, 5.41) is 18.9. The zero-order valence-electron chi connectivity index (χ0n) is 13.8. The molecule has 3 N–H and O–H groups in total. The van der Waals surface area contributed by atoms with Gasteiger partial charge in [-0.3, -0.25) is 15.2 Å². The third kappa shape index (κ3) is 3.01. The number of aryl methyl sites for hydroxylation is 2. The third-order valence-electron chi connectivity index (χ3n) is 3.93. The molecule has 0 amide bonds. The minimum Gasteiger partial charge on any atom is -0.493 e. The van der Waals surface area contributed by atoms with Gasteiger partial charge in [-0.05, 0) is 32.0 Å². The van der Waals surface area contributed by atoms with E-state index in [-0.39, 0.29) is 11.3 Å². The summed E-state index contributed by atoms with van der Waals surface area (Å²) < 4.78 is 0.987. The summed E-state index contributed by atoms with van der Waals surface area (Å²) in [6.45, 7) is 3.77. The van der Waals surface area contributed by atoms with Gasteiger partial charge in [0.25, 0.3) is 5.56 Å². The van der Waals surface area contributed by atoms with Gasteiger partial charge in [-0.1, -0.05) is 41.5 Å². The largest absolute Gasteiger partial charge is 0.493 e. The Kier molecular flexibility index (Phi) is 4.10. The highest BCUT2D eigenvalue weighted by Crippen LogP contribution is 2.20. The van der Waals surface area contributed by atoms with Crippen molar-refractivity contribution in [3.05, 3.63) is 91.6 Å². The van der Waals surface area contributed by atoms with Crippen molar-refractivity contribution in [3.63, 3.8) is 0 Å². The average Bonchev–Trinajstić information content (AvgIpc) is 2.56. The van der Waals surface area contributed by atoms with Crippen molar-refractivity contribution in [2.45, 2.75) is 13.8 Å². The molecule has 0 bridgehead atoms. The predicted molar refractivity (Wildman–Crippen MR) is 96.2 cm³/mol. The van der Waals surface area contributed by atoms with Crippen LogP contribution in [-0.4, -0.2) is 20.4 Å². The van der Waals surface area contributed by atoms with Crippen LogP contribution in [0.15, 0.2) is 58.1 Å². The Morgan fingerprint density at radius 3 is 2.36 bits per heavy atom. The molecular formula is C19H17N3O3. The van der Waals surface area contributed by atoms with Gasteiger partial charge in [0.1, 0.15) is 5.56 Å². The second kappa shape index (κ2) is 6.24. The van der Waals surface area contributed by atoms with E-state index in [0.717, 1.165) is 15.7 Å². The highest BCUT2D eigenvalue weighted by Gasteiger charge is 2.20. The molecule has 0 radical (unpaired) electrons. The van der Waals surface area contributed by atoms with Gasteiger partial charge in [-0.15, -0.1) is 0 Å². The minimum atomic E-state index is -0.794. The number of nitrogens with zero attached hydrogens (tertiary/aromatic N) is 1. The normalized spacial score (nSPS) is 10.6. The van der Waals surface area contributed by atoms with E-state index in [9.17, 15) is 14.7 Å². The molecule has 2 aromatic carbocycles. The van der Waals surface area contributed by atoms with E-state index in [2.05, 4.69) is 4.98 Å². The van der Waals surface area contributed by atoms with Gasteiger partial charge in [-0.25, -0.2) is 9.36 Å². The van der Waals surface area contributed by atoms with Crippen LogP contribution in [0, 0.1) is 19.3 Å². The number of hydrogen-bond donors (Lipinski definition) is 3. The van der Waals surface area contributed by atoms with Gasteiger partial charge in [0.05, 0.1) is 11.4 Å². The summed E-state index contributed by atoms with van der Waals surface area (Å²) >= 11 is 0. The minimum absolute atomic E-state index is 0.150. The van der Waals surface area contributed by atoms with Crippen molar-refractivity contribution >= 4 is 5.71 Å². The van der Waals surface area contributed by atoms with Crippen LogP contribution >= 0.6 is 0 Å². The average molecular weight is 335 g/mol. The molecule has 126 valence electrons. The predicted octanol–water partition coefficient (Wildman–Crippen LogP) is 2.26. The first-order valence-electron chi connectivity index (χ1n) is 7.70. The summed E-state index contributed by atoms with van der Waals surface area (Å²) in [7, 11) is 0. The highest BCUT2D eigenvalue weighted by atomic mass is 16.3. The number of H-pyrrole nitrogens is 1. The van der Waals surface area contributed by atoms with Crippen LogP contribution in [0.4, 0.5) is 0 Å². The van der Waals surface area contributed by atoms with E-state index in [0.29, 0.717) is 11.3 Å². The Morgan fingerprint density at radius 1 is 1.04 bits per heavy atom. The van der Waals surface area contributed by atoms with E-state index in [4.69, 9.17) is 5.41 Å². The second-order valence-corrected chi connectivity index (χ2v) is 5.87. The van der Waals surface area contributed by atoms with E-state index < -0.39 is 17.1 Å². The highest BCUT2D eigenvalue weighted by molar-refractivity contribution is 6.12.